The number of rotatable bonds is 3. The number of nitrogens with zero attached hydrogens (tertiary/aromatic N) is 1. The molecule has 4 nitrogen and oxygen atoms in total. The number of H-pyrrole nitrogens is 1. The van der Waals surface area contributed by atoms with E-state index in [2.05, 4.69) is 15.5 Å². The van der Waals surface area contributed by atoms with E-state index in [1.165, 1.54) is 0 Å². The highest BCUT2D eigenvalue weighted by molar-refractivity contribution is 6.36. The fourth-order valence-electron chi connectivity index (χ4n) is 1.82. The van der Waals surface area contributed by atoms with Gasteiger partial charge < -0.3 is 5.32 Å². The van der Waals surface area contributed by atoms with Crippen LogP contribution in [0.1, 0.15) is 23.2 Å². The number of halogens is 1. The molecule has 2 aromatic rings. The van der Waals surface area contributed by atoms with Crippen LogP contribution in [0.3, 0.4) is 0 Å². The Morgan fingerprint density at radius 1 is 1.44 bits per heavy atom. The number of hydrogen-bond donors (Lipinski definition) is 2. The van der Waals surface area contributed by atoms with E-state index < -0.39 is 0 Å². The summed E-state index contributed by atoms with van der Waals surface area (Å²) in [5.74, 6) is -0.104. The van der Waals surface area contributed by atoms with Gasteiger partial charge in [-0.3, -0.25) is 9.89 Å². The molecule has 0 aliphatic heterocycles. The zero-order chi connectivity index (χ0) is 12.5. The Bertz CT molecular complexity index is 576. The summed E-state index contributed by atoms with van der Waals surface area (Å²) in [5, 5.41) is 10.0. The van der Waals surface area contributed by atoms with E-state index in [-0.39, 0.29) is 5.91 Å². The van der Waals surface area contributed by atoms with Crippen molar-refractivity contribution in [3.8, 4) is 11.1 Å². The van der Waals surface area contributed by atoms with Gasteiger partial charge in [-0.1, -0.05) is 23.7 Å². The van der Waals surface area contributed by atoms with Gasteiger partial charge in [-0.2, -0.15) is 5.10 Å². The minimum Gasteiger partial charge on any atom is -0.349 e. The molecule has 92 valence electrons. The van der Waals surface area contributed by atoms with Crippen LogP contribution >= 0.6 is 11.6 Å². The van der Waals surface area contributed by atoms with E-state index in [4.69, 9.17) is 11.6 Å². The lowest BCUT2D eigenvalue weighted by Gasteiger charge is -2.08. The van der Waals surface area contributed by atoms with Crippen molar-refractivity contribution in [2.45, 2.75) is 18.9 Å². The summed E-state index contributed by atoms with van der Waals surface area (Å²) >= 11 is 6.30. The molecule has 0 radical (unpaired) electrons. The molecule has 0 saturated heterocycles. The molecule has 1 fully saturated rings. The van der Waals surface area contributed by atoms with Crippen LogP contribution < -0.4 is 5.32 Å². The van der Waals surface area contributed by atoms with Crippen LogP contribution in [0.25, 0.3) is 11.1 Å². The lowest BCUT2D eigenvalue weighted by Crippen LogP contribution is -2.25. The first-order valence-corrected chi connectivity index (χ1v) is 6.22. The third-order valence-electron chi connectivity index (χ3n) is 2.97. The van der Waals surface area contributed by atoms with Crippen LogP contribution in [0.2, 0.25) is 5.02 Å². The van der Waals surface area contributed by atoms with Gasteiger partial charge in [0.05, 0.1) is 16.8 Å². The highest BCUT2D eigenvalue weighted by Gasteiger charge is 2.25. The molecule has 5 heteroatoms. The minimum absolute atomic E-state index is 0.104. The van der Waals surface area contributed by atoms with E-state index in [9.17, 15) is 4.79 Å². The maximum absolute atomic E-state index is 12.0. The topological polar surface area (TPSA) is 57.8 Å². The summed E-state index contributed by atoms with van der Waals surface area (Å²) in [5.41, 5.74) is 2.21. The SMILES string of the molecule is O=C(NC1CC1)c1cccc(-c2cn[nH]c2)c1Cl. The zero-order valence-corrected chi connectivity index (χ0v) is 10.4. The monoisotopic (exact) mass is 261 g/mol. The summed E-state index contributed by atoms with van der Waals surface area (Å²) in [7, 11) is 0. The average Bonchev–Trinajstić information content (AvgIpc) is 3.01. The van der Waals surface area contributed by atoms with Crippen LogP contribution in [-0.4, -0.2) is 22.1 Å². The van der Waals surface area contributed by atoms with E-state index in [1.807, 2.05) is 12.1 Å². The Morgan fingerprint density at radius 3 is 2.94 bits per heavy atom. The molecule has 1 aromatic carbocycles. The quantitative estimate of drug-likeness (QED) is 0.892. The molecule has 3 rings (SSSR count). The van der Waals surface area contributed by atoms with Gasteiger partial charge in [0.25, 0.3) is 5.91 Å². The van der Waals surface area contributed by atoms with Crippen LogP contribution in [0.5, 0.6) is 0 Å². The second-order valence-corrected chi connectivity index (χ2v) is 4.78. The summed E-state index contributed by atoms with van der Waals surface area (Å²) in [4.78, 5) is 12.0. The molecule has 0 unspecified atom stereocenters. The zero-order valence-electron chi connectivity index (χ0n) is 9.61. The first kappa shape index (κ1) is 11.3. The third kappa shape index (κ3) is 2.11. The largest absolute Gasteiger partial charge is 0.349 e. The lowest BCUT2D eigenvalue weighted by atomic mass is 10.1. The fourth-order valence-corrected chi connectivity index (χ4v) is 2.14. The Kier molecular flexibility index (Phi) is 2.80. The molecule has 1 aliphatic carbocycles. The van der Waals surface area contributed by atoms with Gasteiger partial charge in [-0.15, -0.1) is 0 Å². The van der Waals surface area contributed by atoms with Crippen LogP contribution in [0.4, 0.5) is 0 Å². The molecule has 1 aliphatic rings. The van der Waals surface area contributed by atoms with Crippen molar-refractivity contribution >= 4 is 17.5 Å². The van der Waals surface area contributed by atoms with Gasteiger partial charge in [-0.05, 0) is 18.9 Å². The smallest absolute Gasteiger partial charge is 0.253 e. The first-order chi connectivity index (χ1) is 8.75. The second kappa shape index (κ2) is 4.46. The Labute approximate surface area is 109 Å². The molecule has 18 heavy (non-hydrogen) atoms. The molecule has 1 heterocycles. The normalized spacial score (nSPS) is 14.5. The van der Waals surface area contributed by atoms with Crippen molar-refractivity contribution < 1.29 is 4.79 Å². The van der Waals surface area contributed by atoms with Crippen molar-refractivity contribution in [3.63, 3.8) is 0 Å². The summed E-state index contributed by atoms with van der Waals surface area (Å²) in [6.45, 7) is 0. The highest BCUT2D eigenvalue weighted by Crippen LogP contribution is 2.30. The van der Waals surface area contributed by atoms with Gasteiger partial charge >= 0.3 is 0 Å². The summed E-state index contributed by atoms with van der Waals surface area (Å²) in [6.07, 6.45) is 5.56. The van der Waals surface area contributed by atoms with Crippen LogP contribution in [0.15, 0.2) is 30.6 Å². The summed E-state index contributed by atoms with van der Waals surface area (Å²) in [6, 6.07) is 5.77. The standard InChI is InChI=1S/C13H12ClN3O/c14-12-10(8-6-15-16-7-8)2-1-3-11(12)13(18)17-9-4-5-9/h1-3,6-7,9H,4-5H2,(H,15,16)(H,17,18). The van der Waals surface area contributed by atoms with Gasteiger partial charge in [-0.25, -0.2) is 0 Å². The number of aromatic nitrogens is 2. The molecule has 0 bridgehead atoms. The van der Waals surface area contributed by atoms with Gasteiger partial charge in [0.1, 0.15) is 0 Å². The Hall–Kier alpha value is -1.81. The van der Waals surface area contributed by atoms with Gasteiger partial charge in [0.2, 0.25) is 0 Å². The number of carbonyl (C=O) groups excluding carboxylic acids is 1. The number of amides is 1. The fraction of sp³-hybridized carbons (Fsp3) is 0.231. The van der Waals surface area contributed by atoms with E-state index in [0.29, 0.717) is 16.6 Å². The van der Waals surface area contributed by atoms with Gasteiger partial charge in [0, 0.05) is 23.4 Å². The molecule has 0 spiro atoms. The van der Waals surface area contributed by atoms with Crippen molar-refractivity contribution in [3.05, 3.63) is 41.2 Å². The van der Waals surface area contributed by atoms with Gasteiger partial charge in [0.15, 0.2) is 0 Å². The summed E-state index contributed by atoms with van der Waals surface area (Å²) < 4.78 is 0. The van der Waals surface area contributed by atoms with Crippen molar-refractivity contribution in [1.29, 1.82) is 0 Å². The maximum Gasteiger partial charge on any atom is 0.253 e. The molecule has 1 saturated carbocycles. The number of carbonyl (C=O) groups is 1. The average molecular weight is 262 g/mol. The number of nitrogens with one attached hydrogen (secondary N) is 2. The maximum atomic E-state index is 12.0. The Balaban J connectivity index is 1.95. The molecule has 2 N–H and O–H groups in total. The molecular weight excluding hydrogens is 250 g/mol. The van der Waals surface area contributed by atoms with Crippen molar-refractivity contribution in [1.82, 2.24) is 15.5 Å². The molecule has 1 amide bonds. The number of aromatic amines is 1. The third-order valence-corrected chi connectivity index (χ3v) is 3.37. The predicted octanol–water partition coefficient (Wildman–Crippen LogP) is 2.62. The van der Waals surface area contributed by atoms with Crippen molar-refractivity contribution in [2.24, 2.45) is 0 Å². The second-order valence-electron chi connectivity index (χ2n) is 4.40. The highest BCUT2D eigenvalue weighted by atomic mass is 35.5. The molecular formula is C13H12ClN3O. The van der Waals surface area contributed by atoms with E-state index in [1.54, 1.807) is 18.5 Å². The lowest BCUT2D eigenvalue weighted by molar-refractivity contribution is 0.0951. The molecule has 1 aromatic heterocycles. The number of benzene rings is 1. The predicted molar refractivity (Wildman–Crippen MR) is 69.5 cm³/mol. The van der Waals surface area contributed by atoms with Crippen molar-refractivity contribution in [2.75, 3.05) is 0 Å². The van der Waals surface area contributed by atoms with Crippen LogP contribution in [0, 0.1) is 0 Å². The van der Waals surface area contributed by atoms with E-state index >= 15 is 0 Å². The van der Waals surface area contributed by atoms with Crippen LogP contribution in [-0.2, 0) is 0 Å². The minimum atomic E-state index is -0.104. The van der Waals surface area contributed by atoms with E-state index in [0.717, 1.165) is 24.0 Å². The first-order valence-electron chi connectivity index (χ1n) is 5.84. The number of hydrogen-bond acceptors (Lipinski definition) is 2. The Morgan fingerprint density at radius 2 is 2.28 bits per heavy atom. The molecule has 0 atom stereocenters.